The summed E-state index contributed by atoms with van der Waals surface area (Å²) < 4.78 is 35.7. The first-order chi connectivity index (χ1) is 10.4. The maximum Gasteiger partial charge on any atom is 0.297 e. The highest BCUT2D eigenvalue weighted by atomic mass is 32.2. The molecule has 0 aliphatic rings. The first-order valence-electron chi connectivity index (χ1n) is 7.65. The Kier molecular flexibility index (Phi) is 6.37. The van der Waals surface area contributed by atoms with Gasteiger partial charge in [-0.3, -0.25) is 4.18 Å². The van der Waals surface area contributed by atoms with E-state index < -0.39 is 24.5 Å². The average molecular weight is 357 g/mol. The Labute approximate surface area is 141 Å². The highest BCUT2D eigenvalue weighted by Crippen LogP contribution is 2.37. The lowest BCUT2D eigenvalue weighted by molar-refractivity contribution is 0.153. The molecule has 6 heteroatoms. The molecule has 1 unspecified atom stereocenters. The molecule has 0 fully saturated rings. The molecule has 1 rings (SSSR count). The maximum atomic E-state index is 12.2. The van der Waals surface area contributed by atoms with Gasteiger partial charge in [-0.05, 0) is 37.2 Å². The quantitative estimate of drug-likeness (QED) is 0.416. The SMILES string of the molecule is C=CC(COS(=O)(=O)c1ccc(C)cc1)O[Si](C)(C)C(C)(C)C. The van der Waals surface area contributed by atoms with Gasteiger partial charge in [-0.1, -0.05) is 44.5 Å². The third-order valence-electron chi connectivity index (χ3n) is 4.21. The van der Waals surface area contributed by atoms with E-state index in [0.717, 1.165) is 5.56 Å². The van der Waals surface area contributed by atoms with E-state index in [4.69, 9.17) is 8.61 Å². The zero-order valence-corrected chi connectivity index (χ0v) is 16.7. The van der Waals surface area contributed by atoms with Gasteiger partial charge in [0.05, 0.1) is 17.6 Å². The molecule has 1 aromatic carbocycles. The Balaban J connectivity index is 2.78. The lowest BCUT2D eigenvalue weighted by Gasteiger charge is -2.38. The monoisotopic (exact) mass is 356 g/mol. The molecule has 4 nitrogen and oxygen atoms in total. The van der Waals surface area contributed by atoms with Crippen molar-refractivity contribution in [1.82, 2.24) is 0 Å². The standard InChI is InChI=1S/C17H28O4SSi/c1-8-15(21-23(6,7)17(3,4)5)13-20-22(18,19)16-11-9-14(2)10-12-16/h8-12,15H,1,13H2,2-7H3. The molecule has 0 saturated heterocycles. The van der Waals surface area contributed by atoms with Gasteiger partial charge in [-0.15, -0.1) is 6.58 Å². The number of rotatable bonds is 7. The van der Waals surface area contributed by atoms with E-state index in [9.17, 15) is 8.42 Å². The van der Waals surface area contributed by atoms with Gasteiger partial charge in [0, 0.05) is 0 Å². The summed E-state index contributed by atoms with van der Waals surface area (Å²) in [6.45, 7) is 16.2. The zero-order chi connectivity index (χ0) is 17.9. The summed E-state index contributed by atoms with van der Waals surface area (Å²) in [6.07, 6.45) is 1.15. The van der Waals surface area contributed by atoms with Gasteiger partial charge in [0.15, 0.2) is 8.32 Å². The van der Waals surface area contributed by atoms with Crippen molar-refractivity contribution in [2.24, 2.45) is 0 Å². The van der Waals surface area contributed by atoms with Crippen LogP contribution in [0, 0.1) is 6.92 Å². The summed E-state index contributed by atoms with van der Waals surface area (Å²) in [7, 11) is -5.80. The Morgan fingerprint density at radius 1 is 1.22 bits per heavy atom. The molecule has 130 valence electrons. The molecule has 1 aromatic rings. The van der Waals surface area contributed by atoms with E-state index in [1.807, 2.05) is 6.92 Å². The van der Waals surface area contributed by atoms with Gasteiger partial charge in [-0.2, -0.15) is 8.42 Å². The highest BCUT2D eigenvalue weighted by Gasteiger charge is 2.39. The van der Waals surface area contributed by atoms with Crippen LogP contribution < -0.4 is 0 Å². The number of hydrogen-bond acceptors (Lipinski definition) is 4. The average Bonchev–Trinajstić information content (AvgIpc) is 2.42. The molecule has 0 heterocycles. The summed E-state index contributed by atoms with van der Waals surface area (Å²) in [4.78, 5) is 0.151. The Morgan fingerprint density at radius 2 is 1.74 bits per heavy atom. The molecule has 0 spiro atoms. The number of benzene rings is 1. The van der Waals surface area contributed by atoms with Crippen LogP contribution in [0.5, 0.6) is 0 Å². The highest BCUT2D eigenvalue weighted by molar-refractivity contribution is 7.86. The van der Waals surface area contributed by atoms with Gasteiger partial charge in [0.1, 0.15) is 0 Å². The molecule has 0 saturated carbocycles. The van der Waals surface area contributed by atoms with E-state index in [1.165, 1.54) is 0 Å². The third-order valence-corrected chi connectivity index (χ3v) is 10.0. The van der Waals surface area contributed by atoms with Gasteiger partial charge in [0.25, 0.3) is 10.1 Å². The van der Waals surface area contributed by atoms with Crippen molar-refractivity contribution >= 4 is 18.4 Å². The predicted octanol–water partition coefficient (Wildman–Crippen LogP) is 4.28. The second-order valence-electron chi connectivity index (χ2n) is 7.20. The predicted molar refractivity (Wildman–Crippen MR) is 96.6 cm³/mol. The molecule has 0 aromatic heterocycles. The van der Waals surface area contributed by atoms with Gasteiger partial charge >= 0.3 is 0 Å². The largest absolute Gasteiger partial charge is 0.408 e. The first kappa shape index (κ1) is 20.1. The summed E-state index contributed by atoms with van der Waals surface area (Å²) in [5.74, 6) is 0. The molecule has 0 aliphatic carbocycles. The molecule has 0 amide bonds. The second kappa shape index (κ2) is 7.30. The molecule has 0 N–H and O–H groups in total. The topological polar surface area (TPSA) is 52.6 Å². The minimum absolute atomic E-state index is 0.0318. The van der Waals surface area contributed by atoms with Crippen LogP contribution in [0.1, 0.15) is 26.3 Å². The molecular formula is C17H28O4SSi. The molecule has 23 heavy (non-hydrogen) atoms. The lowest BCUT2D eigenvalue weighted by Crippen LogP contribution is -2.44. The van der Waals surface area contributed by atoms with E-state index in [2.05, 4.69) is 40.4 Å². The molecule has 0 bridgehead atoms. The Bertz CT molecular complexity index is 628. The van der Waals surface area contributed by atoms with Crippen LogP contribution in [-0.4, -0.2) is 29.4 Å². The van der Waals surface area contributed by atoms with Crippen molar-refractivity contribution in [2.75, 3.05) is 6.61 Å². The van der Waals surface area contributed by atoms with E-state index in [0.29, 0.717) is 0 Å². The van der Waals surface area contributed by atoms with Crippen LogP contribution in [0.2, 0.25) is 18.1 Å². The third kappa shape index (κ3) is 5.56. The van der Waals surface area contributed by atoms with Crippen LogP contribution in [0.4, 0.5) is 0 Å². The molecule has 0 radical (unpaired) electrons. The normalized spacial score (nSPS) is 14.5. The van der Waals surface area contributed by atoms with Crippen LogP contribution in [0.15, 0.2) is 41.8 Å². The van der Waals surface area contributed by atoms with Crippen LogP contribution in [0.3, 0.4) is 0 Å². The minimum Gasteiger partial charge on any atom is -0.408 e. The number of hydrogen-bond donors (Lipinski definition) is 0. The summed E-state index contributed by atoms with van der Waals surface area (Å²) in [5, 5.41) is 0.0318. The smallest absolute Gasteiger partial charge is 0.297 e. The van der Waals surface area contributed by atoms with Crippen molar-refractivity contribution in [1.29, 1.82) is 0 Å². The van der Waals surface area contributed by atoms with Crippen LogP contribution >= 0.6 is 0 Å². The van der Waals surface area contributed by atoms with Crippen molar-refractivity contribution in [3.05, 3.63) is 42.5 Å². The summed E-state index contributed by atoms with van der Waals surface area (Å²) in [6, 6.07) is 6.57. The fraction of sp³-hybridized carbons (Fsp3) is 0.529. The van der Waals surface area contributed by atoms with Crippen LogP contribution in [0.25, 0.3) is 0 Å². The zero-order valence-electron chi connectivity index (χ0n) is 14.9. The summed E-state index contributed by atoms with van der Waals surface area (Å²) in [5.41, 5.74) is 0.995. The summed E-state index contributed by atoms with van der Waals surface area (Å²) >= 11 is 0. The van der Waals surface area contributed by atoms with E-state index in [-0.39, 0.29) is 16.5 Å². The molecule has 0 aliphatic heterocycles. The van der Waals surface area contributed by atoms with Crippen molar-refractivity contribution in [3.8, 4) is 0 Å². The van der Waals surface area contributed by atoms with Crippen molar-refractivity contribution in [2.45, 2.75) is 56.8 Å². The Morgan fingerprint density at radius 3 is 2.17 bits per heavy atom. The molecule has 1 atom stereocenters. The maximum absolute atomic E-state index is 12.2. The van der Waals surface area contributed by atoms with Crippen molar-refractivity contribution < 1.29 is 17.0 Å². The van der Waals surface area contributed by atoms with E-state index >= 15 is 0 Å². The lowest BCUT2D eigenvalue weighted by atomic mass is 10.2. The van der Waals surface area contributed by atoms with Crippen molar-refractivity contribution in [3.63, 3.8) is 0 Å². The fourth-order valence-corrected chi connectivity index (χ4v) is 3.83. The van der Waals surface area contributed by atoms with E-state index in [1.54, 1.807) is 30.3 Å². The molecular weight excluding hydrogens is 328 g/mol. The number of aryl methyl sites for hydroxylation is 1. The minimum atomic E-state index is -3.79. The van der Waals surface area contributed by atoms with Gasteiger partial charge < -0.3 is 4.43 Å². The second-order valence-corrected chi connectivity index (χ2v) is 13.6. The fourth-order valence-electron chi connectivity index (χ4n) is 1.64. The first-order valence-corrected chi connectivity index (χ1v) is 12.0. The van der Waals surface area contributed by atoms with Gasteiger partial charge in [-0.25, -0.2) is 0 Å². The van der Waals surface area contributed by atoms with Gasteiger partial charge in [0.2, 0.25) is 0 Å². The van der Waals surface area contributed by atoms with Crippen LogP contribution in [-0.2, 0) is 18.7 Å². The Hall–Kier alpha value is -0.953.